The molecule has 4 heteroatoms. The summed E-state index contributed by atoms with van der Waals surface area (Å²) in [6, 6.07) is 55.1. The lowest BCUT2D eigenvalue weighted by Gasteiger charge is -2.13. The first-order valence-electron chi connectivity index (χ1n) is 16.2. The molecule has 4 nitrogen and oxygen atoms in total. The molecule has 0 radical (unpaired) electrons. The third-order valence-electron chi connectivity index (χ3n) is 9.45. The van der Waals surface area contributed by atoms with Crippen molar-refractivity contribution in [2.75, 3.05) is 0 Å². The third kappa shape index (κ3) is 4.03. The fourth-order valence-corrected chi connectivity index (χ4v) is 7.24. The standard InChI is InChI=1S/C44H27N3O/c1-3-11-28(12-4-1)36-27-45-42(30-13-5-2-6-14-30)43(46-36)31-19-23-32(24-20-31)47-37-17-9-7-16-35(37)41-38(47)26-22-29-21-25-34-33-15-8-10-18-39(33)48-44(34)40(29)41/h1-27H. The van der Waals surface area contributed by atoms with Crippen LogP contribution in [0.5, 0.6) is 0 Å². The second-order valence-electron chi connectivity index (χ2n) is 12.2. The van der Waals surface area contributed by atoms with E-state index in [4.69, 9.17) is 14.4 Å². The Kier molecular flexibility index (Phi) is 5.84. The molecule has 0 aliphatic rings. The summed E-state index contributed by atoms with van der Waals surface area (Å²) in [6.45, 7) is 0. The first kappa shape index (κ1) is 26.7. The van der Waals surface area contributed by atoms with Gasteiger partial charge in [0, 0.05) is 49.3 Å². The molecular formula is C44H27N3O. The number of nitrogens with zero attached hydrogens (tertiary/aromatic N) is 3. The predicted molar refractivity (Wildman–Crippen MR) is 197 cm³/mol. The highest BCUT2D eigenvalue weighted by molar-refractivity contribution is 6.29. The van der Waals surface area contributed by atoms with Crippen LogP contribution < -0.4 is 0 Å². The Morgan fingerprint density at radius 1 is 0.458 bits per heavy atom. The van der Waals surface area contributed by atoms with Gasteiger partial charge in [0.05, 0.1) is 34.3 Å². The zero-order valence-corrected chi connectivity index (χ0v) is 25.8. The van der Waals surface area contributed by atoms with E-state index in [2.05, 4.69) is 120 Å². The smallest absolute Gasteiger partial charge is 0.143 e. The molecule has 0 saturated carbocycles. The van der Waals surface area contributed by atoms with Crippen LogP contribution in [0, 0.1) is 0 Å². The topological polar surface area (TPSA) is 43.9 Å². The average Bonchev–Trinajstić information content (AvgIpc) is 3.71. The van der Waals surface area contributed by atoms with Crippen LogP contribution in [0.25, 0.3) is 94.0 Å². The summed E-state index contributed by atoms with van der Waals surface area (Å²) < 4.78 is 8.93. The van der Waals surface area contributed by atoms with Gasteiger partial charge in [-0.05, 0) is 41.8 Å². The number of furan rings is 1. The number of rotatable bonds is 4. The summed E-state index contributed by atoms with van der Waals surface area (Å²) in [5, 5.41) is 6.98. The summed E-state index contributed by atoms with van der Waals surface area (Å²) in [5.41, 5.74) is 10.9. The molecule has 0 N–H and O–H groups in total. The highest BCUT2D eigenvalue weighted by Crippen LogP contribution is 2.42. The van der Waals surface area contributed by atoms with Crippen LogP contribution in [0.2, 0.25) is 0 Å². The fourth-order valence-electron chi connectivity index (χ4n) is 7.24. The van der Waals surface area contributed by atoms with Gasteiger partial charge in [0.2, 0.25) is 0 Å². The van der Waals surface area contributed by atoms with E-state index in [0.29, 0.717) is 0 Å². The van der Waals surface area contributed by atoms with Crippen LogP contribution in [0.1, 0.15) is 0 Å². The number of hydrogen-bond donors (Lipinski definition) is 0. The van der Waals surface area contributed by atoms with Crippen LogP contribution in [0.4, 0.5) is 0 Å². The molecule has 3 heterocycles. The maximum absolute atomic E-state index is 6.57. The Labute approximate surface area is 276 Å². The van der Waals surface area contributed by atoms with E-state index in [1.165, 1.54) is 10.8 Å². The van der Waals surface area contributed by atoms with Gasteiger partial charge in [0.25, 0.3) is 0 Å². The van der Waals surface area contributed by atoms with Crippen molar-refractivity contribution >= 4 is 54.5 Å². The van der Waals surface area contributed by atoms with Gasteiger partial charge in [-0.15, -0.1) is 0 Å². The van der Waals surface area contributed by atoms with Crippen LogP contribution in [0.15, 0.2) is 168 Å². The van der Waals surface area contributed by atoms with Crippen LogP contribution in [0.3, 0.4) is 0 Å². The van der Waals surface area contributed by atoms with Crippen LogP contribution in [-0.2, 0) is 0 Å². The van der Waals surface area contributed by atoms with E-state index in [-0.39, 0.29) is 0 Å². The second kappa shape index (κ2) is 10.5. The van der Waals surface area contributed by atoms with E-state index >= 15 is 0 Å². The molecule has 0 fully saturated rings. The summed E-state index contributed by atoms with van der Waals surface area (Å²) in [5.74, 6) is 0. The van der Waals surface area contributed by atoms with Gasteiger partial charge >= 0.3 is 0 Å². The highest BCUT2D eigenvalue weighted by Gasteiger charge is 2.19. The van der Waals surface area contributed by atoms with Gasteiger partial charge in [-0.2, -0.15) is 0 Å². The summed E-state index contributed by atoms with van der Waals surface area (Å²) in [6.07, 6.45) is 1.87. The minimum atomic E-state index is 0.848. The van der Waals surface area contributed by atoms with Crippen LogP contribution >= 0.6 is 0 Å². The number of benzene rings is 7. The van der Waals surface area contributed by atoms with E-state index in [1.807, 2.05) is 48.7 Å². The van der Waals surface area contributed by atoms with Gasteiger partial charge in [-0.25, -0.2) is 4.98 Å². The first-order valence-corrected chi connectivity index (χ1v) is 16.2. The van der Waals surface area contributed by atoms with Crippen molar-refractivity contribution in [3.63, 3.8) is 0 Å². The SMILES string of the molecule is c1ccc(-c2cnc(-c3ccccc3)c(-c3ccc(-n4c5ccccc5c5c6c(ccc7c8ccccc8oc76)ccc54)cc3)n2)cc1. The lowest BCUT2D eigenvalue weighted by molar-refractivity contribution is 0.673. The molecule has 0 amide bonds. The normalized spacial score (nSPS) is 11.8. The lowest BCUT2D eigenvalue weighted by Crippen LogP contribution is -1.97. The molecule has 48 heavy (non-hydrogen) atoms. The van der Waals surface area contributed by atoms with E-state index < -0.39 is 0 Å². The van der Waals surface area contributed by atoms with Crippen molar-refractivity contribution in [1.82, 2.24) is 14.5 Å². The zero-order valence-electron chi connectivity index (χ0n) is 25.8. The van der Waals surface area contributed by atoms with Crippen LogP contribution in [-0.4, -0.2) is 14.5 Å². The molecule has 3 aromatic heterocycles. The molecule has 0 spiro atoms. The second-order valence-corrected chi connectivity index (χ2v) is 12.2. The molecule has 0 saturated heterocycles. The quantitative estimate of drug-likeness (QED) is 0.198. The van der Waals surface area contributed by atoms with Gasteiger partial charge < -0.3 is 8.98 Å². The van der Waals surface area contributed by atoms with Crippen molar-refractivity contribution in [2.24, 2.45) is 0 Å². The number of aromatic nitrogens is 3. The number of fused-ring (bicyclic) bond motifs is 9. The van der Waals surface area contributed by atoms with Gasteiger partial charge in [0.15, 0.2) is 0 Å². The van der Waals surface area contributed by atoms with Crippen molar-refractivity contribution in [1.29, 1.82) is 0 Å². The van der Waals surface area contributed by atoms with E-state index in [0.717, 1.165) is 83.2 Å². The Morgan fingerprint density at radius 3 is 1.94 bits per heavy atom. The molecule has 7 aromatic carbocycles. The summed E-state index contributed by atoms with van der Waals surface area (Å²) in [4.78, 5) is 10.1. The minimum absolute atomic E-state index is 0.848. The molecular weight excluding hydrogens is 587 g/mol. The van der Waals surface area contributed by atoms with Gasteiger partial charge in [-0.3, -0.25) is 4.98 Å². The maximum atomic E-state index is 6.57. The van der Waals surface area contributed by atoms with Gasteiger partial charge in [-0.1, -0.05) is 121 Å². The fraction of sp³-hybridized carbons (Fsp3) is 0. The maximum Gasteiger partial charge on any atom is 0.143 e. The number of hydrogen-bond acceptors (Lipinski definition) is 3. The lowest BCUT2D eigenvalue weighted by atomic mass is 10.0. The Balaban J connectivity index is 1.18. The van der Waals surface area contributed by atoms with Gasteiger partial charge in [0.1, 0.15) is 11.2 Å². The monoisotopic (exact) mass is 613 g/mol. The Morgan fingerprint density at radius 2 is 1.12 bits per heavy atom. The van der Waals surface area contributed by atoms with E-state index in [1.54, 1.807) is 0 Å². The largest absolute Gasteiger partial charge is 0.455 e. The predicted octanol–water partition coefficient (Wildman–Crippen LogP) is 11.6. The third-order valence-corrected chi connectivity index (χ3v) is 9.45. The molecule has 224 valence electrons. The Hall–Kier alpha value is -6.52. The Bertz CT molecular complexity index is 2810. The van der Waals surface area contributed by atoms with E-state index in [9.17, 15) is 0 Å². The average molecular weight is 614 g/mol. The molecule has 0 unspecified atom stereocenters. The zero-order chi connectivity index (χ0) is 31.6. The summed E-state index contributed by atoms with van der Waals surface area (Å²) in [7, 11) is 0. The van der Waals surface area contributed by atoms with Crippen molar-refractivity contribution in [3.8, 4) is 39.5 Å². The molecule has 10 rings (SSSR count). The molecule has 0 atom stereocenters. The highest BCUT2D eigenvalue weighted by atomic mass is 16.3. The molecule has 0 aliphatic carbocycles. The molecule has 10 aromatic rings. The van der Waals surface area contributed by atoms with Crippen molar-refractivity contribution in [3.05, 3.63) is 164 Å². The first-order chi connectivity index (χ1) is 23.8. The summed E-state index contributed by atoms with van der Waals surface area (Å²) >= 11 is 0. The number of para-hydroxylation sites is 2. The molecule has 0 aliphatic heterocycles. The molecule has 0 bridgehead atoms. The minimum Gasteiger partial charge on any atom is -0.455 e. The van der Waals surface area contributed by atoms with Crippen molar-refractivity contribution in [2.45, 2.75) is 0 Å². The van der Waals surface area contributed by atoms with Crippen molar-refractivity contribution < 1.29 is 4.42 Å².